The fourth-order valence-corrected chi connectivity index (χ4v) is 3.80. The van der Waals surface area contributed by atoms with E-state index in [9.17, 15) is 13.2 Å². The van der Waals surface area contributed by atoms with Crippen LogP contribution >= 0.6 is 0 Å². The Hall–Kier alpha value is -3.00. The molecular formula is C24H24O6S. The van der Waals surface area contributed by atoms with Gasteiger partial charge in [-0.05, 0) is 36.8 Å². The van der Waals surface area contributed by atoms with Crippen molar-refractivity contribution in [1.82, 2.24) is 0 Å². The number of aryl methyl sites for hydroxylation is 1. The molecule has 7 heteroatoms. The quantitative estimate of drug-likeness (QED) is 0.348. The van der Waals surface area contributed by atoms with Gasteiger partial charge in [0, 0.05) is 0 Å². The summed E-state index contributed by atoms with van der Waals surface area (Å²) in [5, 5.41) is 0. The maximum absolute atomic E-state index is 12.7. The Balaban J connectivity index is 1.66. The second kappa shape index (κ2) is 10.9. The molecule has 3 aromatic rings. The molecule has 0 spiro atoms. The Morgan fingerprint density at radius 1 is 0.839 bits per heavy atom. The smallest absolute Gasteiger partial charge is 0.338 e. The van der Waals surface area contributed by atoms with Crippen LogP contribution in [0.25, 0.3) is 0 Å². The summed E-state index contributed by atoms with van der Waals surface area (Å²) in [5.74, 6) is -0.565. The number of ether oxygens (including phenoxy) is 2. The van der Waals surface area contributed by atoms with E-state index in [2.05, 4.69) is 0 Å². The number of hydrogen-bond donors (Lipinski definition) is 0. The molecule has 6 nitrogen and oxygen atoms in total. The first kappa shape index (κ1) is 22.7. The van der Waals surface area contributed by atoms with Crippen molar-refractivity contribution in [2.45, 2.75) is 24.5 Å². The molecule has 0 bridgehead atoms. The van der Waals surface area contributed by atoms with Gasteiger partial charge in [0.2, 0.25) is 0 Å². The van der Waals surface area contributed by atoms with Crippen LogP contribution in [0.5, 0.6) is 0 Å². The van der Waals surface area contributed by atoms with Crippen molar-refractivity contribution >= 4 is 16.1 Å². The zero-order valence-electron chi connectivity index (χ0n) is 17.1. The van der Waals surface area contributed by atoms with Crippen LogP contribution in [0, 0.1) is 6.92 Å². The molecular weight excluding hydrogens is 416 g/mol. The van der Waals surface area contributed by atoms with Crippen molar-refractivity contribution in [3.05, 3.63) is 102 Å². The summed E-state index contributed by atoms with van der Waals surface area (Å²) in [7, 11) is -4.06. The molecule has 0 aromatic heterocycles. The lowest BCUT2D eigenvalue weighted by molar-refractivity contribution is -0.00258. The highest BCUT2D eigenvalue weighted by Gasteiger charge is 2.24. The predicted molar refractivity (Wildman–Crippen MR) is 116 cm³/mol. The van der Waals surface area contributed by atoms with Crippen LogP contribution in [-0.2, 0) is 30.4 Å². The molecule has 0 aliphatic carbocycles. The summed E-state index contributed by atoms with van der Waals surface area (Å²) < 4.78 is 41.7. The van der Waals surface area contributed by atoms with Gasteiger partial charge >= 0.3 is 5.97 Å². The lowest BCUT2D eigenvalue weighted by Gasteiger charge is -2.18. The number of carbonyl (C=O) groups is 1. The van der Waals surface area contributed by atoms with Gasteiger partial charge < -0.3 is 9.47 Å². The second-order valence-corrected chi connectivity index (χ2v) is 8.52. The lowest BCUT2D eigenvalue weighted by Crippen LogP contribution is -2.30. The van der Waals surface area contributed by atoms with Crippen molar-refractivity contribution in [2.75, 3.05) is 13.2 Å². The van der Waals surface area contributed by atoms with E-state index in [1.54, 1.807) is 42.5 Å². The number of hydrogen-bond acceptors (Lipinski definition) is 6. The molecule has 3 aromatic carbocycles. The molecule has 0 saturated heterocycles. The minimum atomic E-state index is -4.06. The molecule has 0 aliphatic heterocycles. The number of benzene rings is 3. The molecule has 31 heavy (non-hydrogen) atoms. The highest BCUT2D eigenvalue weighted by atomic mass is 32.2. The third kappa shape index (κ3) is 7.03. The van der Waals surface area contributed by atoms with E-state index < -0.39 is 22.2 Å². The van der Waals surface area contributed by atoms with E-state index in [0.717, 1.165) is 11.1 Å². The fraction of sp³-hybridized carbons (Fsp3) is 0.208. The molecule has 0 aliphatic rings. The zero-order valence-corrected chi connectivity index (χ0v) is 18.0. The standard InChI is InChI=1S/C24H24O6S/c1-19-12-14-23(15-13-19)31(26,27)30-22(17-28-16-20-8-4-2-5-9-20)18-29-24(25)21-10-6-3-7-11-21/h2-15,22H,16-18H2,1H3/t22-/m0/s1. The Kier molecular flexibility index (Phi) is 7.94. The molecule has 1 atom stereocenters. The molecule has 162 valence electrons. The maximum atomic E-state index is 12.7. The molecule has 0 saturated carbocycles. The largest absolute Gasteiger partial charge is 0.459 e. The average Bonchev–Trinajstić information content (AvgIpc) is 2.78. The van der Waals surface area contributed by atoms with Crippen molar-refractivity contribution in [3.63, 3.8) is 0 Å². The van der Waals surface area contributed by atoms with Gasteiger partial charge in [0.15, 0.2) is 0 Å². The molecule has 0 heterocycles. The number of esters is 1. The Labute approximate surface area is 182 Å². The van der Waals surface area contributed by atoms with Gasteiger partial charge in [-0.1, -0.05) is 66.2 Å². The van der Waals surface area contributed by atoms with Crippen molar-refractivity contribution in [1.29, 1.82) is 0 Å². The third-order valence-electron chi connectivity index (χ3n) is 4.40. The lowest BCUT2D eigenvalue weighted by atomic mass is 10.2. The monoisotopic (exact) mass is 440 g/mol. The van der Waals surface area contributed by atoms with Crippen LogP contribution in [-0.4, -0.2) is 33.7 Å². The zero-order chi connectivity index (χ0) is 22.1. The molecule has 0 fully saturated rings. The fourth-order valence-electron chi connectivity index (χ4n) is 2.75. The van der Waals surface area contributed by atoms with Gasteiger partial charge in [-0.25, -0.2) is 4.79 Å². The highest BCUT2D eigenvalue weighted by Crippen LogP contribution is 2.16. The van der Waals surface area contributed by atoms with E-state index in [1.165, 1.54) is 12.1 Å². The Morgan fingerprint density at radius 2 is 1.45 bits per heavy atom. The van der Waals surface area contributed by atoms with Crippen LogP contribution in [0.15, 0.2) is 89.8 Å². The van der Waals surface area contributed by atoms with Gasteiger partial charge in [0.1, 0.15) is 12.7 Å². The average molecular weight is 441 g/mol. The van der Waals surface area contributed by atoms with Crippen LogP contribution < -0.4 is 0 Å². The maximum Gasteiger partial charge on any atom is 0.338 e. The van der Waals surface area contributed by atoms with Crippen molar-refractivity contribution in [2.24, 2.45) is 0 Å². The van der Waals surface area contributed by atoms with E-state index in [0.29, 0.717) is 5.56 Å². The van der Waals surface area contributed by atoms with Gasteiger partial charge in [0.05, 0.1) is 23.7 Å². The SMILES string of the molecule is Cc1ccc(S(=O)(=O)O[C@@H](COCc2ccccc2)COC(=O)c2ccccc2)cc1. The van der Waals surface area contributed by atoms with Crippen LogP contribution in [0.4, 0.5) is 0 Å². The van der Waals surface area contributed by atoms with Crippen LogP contribution in [0.1, 0.15) is 21.5 Å². The summed E-state index contributed by atoms with van der Waals surface area (Å²) in [6.07, 6.45) is -0.998. The van der Waals surface area contributed by atoms with E-state index in [-0.39, 0.29) is 24.7 Å². The van der Waals surface area contributed by atoms with Crippen molar-refractivity contribution < 1.29 is 26.9 Å². The third-order valence-corrected chi connectivity index (χ3v) is 5.77. The number of rotatable bonds is 10. The molecule has 0 radical (unpaired) electrons. The summed E-state index contributed by atoms with van der Waals surface area (Å²) in [5.41, 5.74) is 2.23. The Bertz CT molecular complexity index is 1060. The number of carbonyl (C=O) groups excluding carboxylic acids is 1. The van der Waals surface area contributed by atoms with Gasteiger partial charge in [-0.15, -0.1) is 0 Å². The molecule has 0 amide bonds. The van der Waals surface area contributed by atoms with E-state index >= 15 is 0 Å². The summed E-state index contributed by atoms with van der Waals surface area (Å²) in [6.45, 7) is 1.80. The van der Waals surface area contributed by atoms with Crippen LogP contribution in [0.2, 0.25) is 0 Å². The van der Waals surface area contributed by atoms with Gasteiger partial charge in [-0.3, -0.25) is 4.18 Å². The summed E-state index contributed by atoms with van der Waals surface area (Å²) in [6, 6.07) is 24.2. The predicted octanol–water partition coefficient (Wildman–Crippen LogP) is 4.14. The Morgan fingerprint density at radius 3 is 2.10 bits per heavy atom. The summed E-state index contributed by atoms with van der Waals surface area (Å²) in [4.78, 5) is 12.3. The topological polar surface area (TPSA) is 78.9 Å². The van der Waals surface area contributed by atoms with E-state index in [4.69, 9.17) is 13.7 Å². The first-order chi connectivity index (χ1) is 14.9. The first-order valence-corrected chi connectivity index (χ1v) is 11.2. The van der Waals surface area contributed by atoms with Crippen LogP contribution in [0.3, 0.4) is 0 Å². The minimum absolute atomic E-state index is 0.0283. The van der Waals surface area contributed by atoms with Gasteiger partial charge in [0.25, 0.3) is 10.1 Å². The molecule has 0 unspecified atom stereocenters. The minimum Gasteiger partial charge on any atom is -0.459 e. The summed E-state index contributed by atoms with van der Waals surface area (Å²) >= 11 is 0. The highest BCUT2D eigenvalue weighted by molar-refractivity contribution is 7.86. The normalized spacial score (nSPS) is 12.3. The van der Waals surface area contributed by atoms with Gasteiger partial charge in [-0.2, -0.15) is 8.42 Å². The van der Waals surface area contributed by atoms with E-state index in [1.807, 2.05) is 37.3 Å². The molecule has 0 N–H and O–H groups in total. The molecule has 3 rings (SSSR count). The first-order valence-electron chi connectivity index (χ1n) is 9.78. The second-order valence-electron chi connectivity index (χ2n) is 6.95. The van der Waals surface area contributed by atoms with Crippen molar-refractivity contribution in [3.8, 4) is 0 Å².